The Labute approximate surface area is 144 Å². The minimum absolute atomic E-state index is 0.0590. The van der Waals surface area contributed by atoms with Crippen LogP contribution in [0.25, 0.3) is 0 Å². The summed E-state index contributed by atoms with van der Waals surface area (Å²) in [6, 6.07) is 4.43. The average Bonchev–Trinajstić information content (AvgIpc) is 2.66. The van der Waals surface area contributed by atoms with E-state index in [1.807, 2.05) is 0 Å². The minimum Gasteiger partial charge on any atom is -0.275 e. The first kappa shape index (κ1) is 17.5. The Bertz CT molecular complexity index is 882. The topological polar surface area (TPSA) is 24.7 Å². The standard InChI is InChI=1S/C17H10ClF5N2/c1-8-7-24-12-6-5-9(17(21,22)23)15(18)14(12)16(25-8)13-10(19)3-2-4-11(13)20/h2-8H,1H3. The van der Waals surface area contributed by atoms with Gasteiger partial charge in [0.1, 0.15) is 11.6 Å². The molecule has 0 saturated carbocycles. The maximum atomic E-state index is 14.2. The summed E-state index contributed by atoms with van der Waals surface area (Å²) in [5.74, 6) is -1.90. The molecule has 8 heteroatoms. The van der Waals surface area contributed by atoms with Gasteiger partial charge in [-0.05, 0) is 31.2 Å². The Balaban J connectivity index is 2.37. The van der Waals surface area contributed by atoms with Crippen LogP contribution in [-0.4, -0.2) is 18.0 Å². The molecule has 0 radical (unpaired) electrons. The van der Waals surface area contributed by atoms with Gasteiger partial charge in [-0.3, -0.25) is 9.98 Å². The highest BCUT2D eigenvalue weighted by atomic mass is 35.5. The summed E-state index contributed by atoms with van der Waals surface area (Å²) in [4.78, 5) is 8.18. The molecule has 1 aliphatic heterocycles. The molecule has 2 aromatic rings. The fraction of sp³-hybridized carbons (Fsp3) is 0.176. The smallest absolute Gasteiger partial charge is 0.275 e. The summed E-state index contributed by atoms with van der Waals surface area (Å²) in [5.41, 5.74) is -2.15. The highest BCUT2D eigenvalue weighted by Crippen LogP contribution is 2.41. The van der Waals surface area contributed by atoms with E-state index < -0.39 is 40.0 Å². The Morgan fingerprint density at radius 3 is 2.24 bits per heavy atom. The SMILES string of the molecule is CC1C=Nc2ccc(C(F)(F)F)c(Cl)c2C(c2c(F)cccc2F)=N1. The third-order valence-corrected chi connectivity index (χ3v) is 4.02. The van der Waals surface area contributed by atoms with Gasteiger partial charge in [0.15, 0.2) is 0 Å². The molecule has 0 aliphatic carbocycles. The lowest BCUT2D eigenvalue weighted by molar-refractivity contribution is -0.137. The van der Waals surface area contributed by atoms with Gasteiger partial charge in [0.05, 0.1) is 33.6 Å². The van der Waals surface area contributed by atoms with Crippen molar-refractivity contribution in [3.05, 3.63) is 63.7 Å². The maximum absolute atomic E-state index is 14.2. The average molecular weight is 373 g/mol. The summed E-state index contributed by atoms with van der Waals surface area (Å²) in [6.07, 6.45) is -3.36. The molecule has 2 aromatic carbocycles. The first-order valence-electron chi connectivity index (χ1n) is 7.16. The number of rotatable bonds is 1. The van der Waals surface area contributed by atoms with Crippen LogP contribution in [0.15, 0.2) is 40.3 Å². The monoisotopic (exact) mass is 372 g/mol. The van der Waals surface area contributed by atoms with E-state index in [-0.39, 0.29) is 17.0 Å². The van der Waals surface area contributed by atoms with Crippen molar-refractivity contribution in [1.82, 2.24) is 0 Å². The van der Waals surface area contributed by atoms with Crippen molar-refractivity contribution in [3.63, 3.8) is 0 Å². The molecule has 1 heterocycles. The van der Waals surface area contributed by atoms with E-state index >= 15 is 0 Å². The summed E-state index contributed by atoms with van der Waals surface area (Å²) in [6.45, 7) is 1.59. The predicted molar refractivity (Wildman–Crippen MR) is 86.1 cm³/mol. The summed E-state index contributed by atoms with van der Waals surface area (Å²) in [7, 11) is 0. The number of hydrogen-bond donors (Lipinski definition) is 0. The molecule has 0 aromatic heterocycles. The Kier molecular flexibility index (Phi) is 4.36. The third-order valence-electron chi connectivity index (χ3n) is 3.62. The van der Waals surface area contributed by atoms with Gasteiger partial charge in [-0.15, -0.1) is 0 Å². The van der Waals surface area contributed by atoms with Gasteiger partial charge < -0.3 is 0 Å². The highest BCUT2D eigenvalue weighted by Gasteiger charge is 2.36. The van der Waals surface area contributed by atoms with E-state index in [0.29, 0.717) is 0 Å². The molecule has 0 bridgehead atoms. The third kappa shape index (κ3) is 3.16. The lowest BCUT2D eigenvalue weighted by Gasteiger charge is -2.16. The number of halogens is 6. The Morgan fingerprint density at radius 2 is 1.64 bits per heavy atom. The molecule has 1 aliphatic rings. The van der Waals surface area contributed by atoms with Gasteiger partial charge in [0, 0.05) is 11.8 Å². The van der Waals surface area contributed by atoms with E-state index in [1.165, 1.54) is 6.21 Å². The van der Waals surface area contributed by atoms with Gasteiger partial charge in [-0.2, -0.15) is 13.2 Å². The van der Waals surface area contributed by atoms with E-state index in [9.17, 15) is 22.0 Å². The lowest BCUT2D eigenvalue weighted by Crippen LogP contribution is -2.15. The van der Waals surface area contributed by atoms with Crippen LogP contribution in [-0.2, 0) is 6.18 Å². The van der Waals surface area contributed by atoms with Crippen LogP contribution in [0.5, 0.6) is 0 Å². The van der Waals surface area contributed by atoms with Gasteiger partial charge in [0.25, 0.3) is 0 Å². The molecular weight excluding hydrogens is 363 g/mol. The quantitative estimate of drug-likeness (QED) is 0.584. The fourth-order valence-corrected chi connectivity index (χ4v) is 2.88. The maximum Gasteiger partial charge on any atom is 0.417 e. The molecule has 0 N–H and O–H groups in total. The van der Waals surface area contributed by atoms with Crippen molar-refractivity contribution in [3.8, 4) is 0 Å². The van der Waals surface area contributed by atoms with Crippen LogP contribution >= 0.6 is 11.6 Å². The summed E-state index contributed by atoms with van der Waals surface area (Å²) < 4.78 is 68.0. The normalized spacial score (nSPS) is 17.1. The molecule has 0 saturated heterocycles. The van der Waals surface area contributed by atoms with E-state index in [2.05, 4.69) is 9.98 Å². The minimum atomic E-state index is -4.73. The number of nitrogens with zero attached hydrogens (tertiary/aromatic N) is 2. The molecule has 0 amide bonds. The van der Waals surface area contributed by atoms with Crippen molar-refractivity contribution in [2.45, 2.75) is 19.1 Å². The molecular formula is C17H10ClF5N2. The van der Waals surface area contributed by atoms with E-state index in [4.69, 9.17) is 11.6 Å². The van der Waals surface area contributed by atoms with Crippen LogP contribution < -0.4 is 0 Å². The highest BCUT2D eigenvalue weighted by molar-refractivity contribution is 6.37. The van der Waals surface area contributed by atoms with Crippen LogP contribution in [0.3, 0.4) is 0 Å². The van der Waals surface area contributed by atoms with Gasteiger partial charge >= 0.3 is 6.18 Å². The number of fused-ring (bicyclic) bond motifs is 1. The molecule has 1 atom stereocenters. The fourth-order valence-electron chi connectivity index (χ4n) is 2.52. The van der Waals surface area contributed by atoms with Crippen LogP contribution in [0.1, 0.15) is 23.6 Å². The van der Waals surface area contributed by atoms with Crippen molar-refractivity contribution in [2.24, 2.45) is 9.98 Å². The zero-order chi connectivity index (χ0) is 18.4. The summed E-state index contributed by atoms with van der Waals surface area (Å²) in [5, 5.41) is -0.697. The molecule has 0 spiro atoms. The Morgan fingerprint density at radius 1 is 1.00 bits per heavy atom. The van der Waals surface area contributed by atoms with Gasteiger partial charge in [-0.25, -0.2) is 8.78 Å². The largest absolute Gasteiger partial charge is 0.417 e. The van der Waals surface area contributed by atoms with Crippen molar-refractivity contribution in [2.75, 3.05) is 0 Å². The van der Waals surface area contributed by atoms with Crippen molar-refractivity contribution >= 4 is 29.2 Å². The van der Waals surface area contributed by atoms with Crippen LogP contribution in [0.2, 0.25) is 5.02 Å². The number of aliphatic imine (C=N–C) groups is 2. The Hall–Kier alpha value is -2.28. The van der Waals surface area contributed by atoms with Crippen LogP contribution in [0, 0.1) is 11.6 Å². The van der Waals surface area contributed by atoms with Gasteiger partial charge in [-0.1, -0.05) is 17.7 Å². The second-order valence-corrected chi connectivity index (χ2v) is 5.79. The van der Waals surface area contributed by atoms with Crippen molar-refractivity contribution < 1.29 is 22.0 Å². The molecule has 2 nitrogen and oxygen atoms in total. The molecule has 3 rings (SSSR count). The first-order valence-corrected chi connectivity index (χ1v) is 7.54. The number of hydrogen-bond acceptors (Lipinski definition) is 2. The van der Waals surface area contributed by atoms with E-state index in [1.54, 1.807) is 6.92 Å². The predicted octanol–water partition coefficient (Wildman–Crippen LogP) is 5.58. The second-order valence-electron chi connectivity index (χ2n) is 5.41. The molecule has 25 heavy (non-hydrogen) atoms. The van der Waals surface area contributed by atoms with E-state index in [0.717, 1.165) is 30.3 Å². The second kappa shape index (κ2) is 6.22. The molecule has 130 valence electrons. The summed E-state index contributed by atoms with van der Waals surface area (Å²) >= 11 is 5.96. The van der Waals surface area contributed by atoms with Crippen molar-refractivity contribution in [1.29, 1.82) is 0 Å². The first-order chi connectivity index (χ1) is 11.7. The zero-order valence-electron chi connectivity index (χ0n) is 12.7. The zero-order valence-corrected chi connectivity index (χ0v) is 13.5. The van der Waals surface area contributed by atoms with Crippen LogP contribution in [0.4, 0.5) is 27.6 Å². The lowest BCUT2D eigenvalue weighted by atomic mass is 9.97. The molecule has 1 unspecified atom stereocenters. The number of benzene rings is 2. The van der Waals surface area contributed by atoms with Gasteiger partial charge in [0.2, 0.25) is 0 Å². The molecule has 0 fully saturated rings. The number of alkyl halides is 3.